The lowest BCUT2D eigenvalue weighted by molar-refractivity contribution is 0.0558. The lowest BCUT2D eigenvalue weighted by Crippen LogP contribution is -2.36. The summed E-state index contributed by atoms with van der Waals surface area (Å²) in [5, 5.41) is 6.32. The van der Waals surface area contributed by atoms with Crippen LogP contribution in [0.5, 0.6) is 0 Å². The third-order valence-electron chi connectivity index (χ3n) is 3.25. The van der Waals surface area contributed by atoms with Gasteiger partial charge in [-0.25, -0.2) is 13.6 Å². The number of ether oxygens (including phenoxy) is 1. The predicted molar refractivity (Wildman–Crippen MR) is 81.1 cm³/mol. The van der Waals surface area contributed by atoms with Gasteiger partial charge in [0.1, 0.15) is 12.2 Å². The van der Waals surface area contributed by atoms with Gasteiger partial charge in [-0.3, -0.25) is 5.32 Å². The van der Waals surface area contributed by atoms with Crippen molar-refractivity contribution in [3.63, 3.8) is 0 Å². The maximum Gasteiger partial charge on any atom is 0.413 e. The number of oxime groups is 1. The maximum absolute atomic E-state index is 13.9. The predicted octanol–water partition coefficient (Wildman–Crippen LogP) is 3.70. The highest BCUT2D eigenvalue weighted by atomic mass is 19.2. The molecule has 1 unspecified atom stereocenters. The average molecular weight is 326 g/mol. The number of hydrogen-bond donors (Lipinski definition) is 1. The quantitative estimate of drug-likeness (QED) is 0.856. The second-order valence-electron chi connectivity index (χ2n) is 6.34. The molecular formula is C16H20F2N2O3. The summed E-state index contributed by atoms with van der Waals surface area (Å²) < 4.78 is 32.3. The zero-order valence-corrected chi connectivity index (χ0v) is 13.4. The van der Waals surface area contributed by atoms with Gasteiger partial charge in [0, 0.05) is 12.3 Å². The van der Waals surface area contributed by atoms with Crippen LogP contribution >= 0.6 is 0 Å². The highest BCUT2D eigenvalue weighted by molar-refractivity contribution is 5.95. The number of carbonyl (C=O) groups excluding carboxylic acids is 1. The van der Waals surface area contributed by atoms with E-state index in [2.05, 4.69) is 10.5 Å². The molecule has 0 saturated carbocycles. The molecular weight excluding hydrogens is 306 g/mol. The standard InChI is InChI=1S/C16H20F2N2O3/c1-16(2,3)23-15(21)19-13-8-7-10(9-22-20-13)11-5-4-6-12(17)14(11)18/h4-6,10H,7-9H2,1-3H3,(H,19,20,21). The first-order valence-electron chi connectivity index (χ1n) is 7.39. The fraction of sp³-hybridized carbons (Fsp3) is 0.500. The highest BCUT2D eigenvalue weighted by Crippen LogP contribution is 2.27. The molecule has 0 aliphatic carbocycles. The molecule has 0 spiro atoms. The first kappa shape index (κ1) is 17.2. The Hall–Kier alpha value is -2.18. The second-order valence-corrected chi connectivity index (χ2v) is 6.34. The average Bonchev–Trinajstić information content (AvgIpc) is 2.65. The van der Waals surface area contributed by atoms with Crippen molar-refractivity contribution in [2.75, 3.05) is 6.61 Å². The molecule has 0 fully saturated rings. The number of nitrogens with one attached hydrogen (secondary N) is 1. The van der Waals surface area contributed by atoms with E-state index in [0.717, 1.165) is 6.07 Å². The van der Waals surface area contributed by atoms with Gasteiger partial charge in [-0.1, -0.05) is 17.3 Å². The third-order valence-corrected chi connectivity index (χ3v) is 3.25. The van der Waals surface area contributed by atoms with Crippen LogP contribution in [0.2, 0.25) is 0 Å². The number of benzene rings is 1. The Kier molecular flexibility index (Phi) is 5.18. The number of nitrogens with zero attached hydrogens (tertiary/aromatic N) is 1. The lowest BCUT2D eigenvalue weighted by atomic mass is 9.94. The number of rotatable bonds is 1. The number of hydrogen-bond acceptors (Lipinski definition) is 4. The largest absolute Gasteiger partial charge is 0.444 e. The molecule has 1 atom stereocenters. The Morgan fingerprint density at radius 2 is 2.13 bits per heavy atom. The van der Waals surface area contributed by atoms with E-state index in [1.54, 1.807) is 20.8 Å². The van der Waals surface area contributed by atoms with Gasteiger partial charge in [0.05, 0.1) is 0 Å². The van der Waals surface area contributed by atoms with Crippen molar-refractivity contribution in [2.24, 2.45) is 5.16 Å². The summed E-state index contributed by atoms with van der Waals surface area (Å²) in [6.45, 7) is 5.36. The van der Waals surface area contributed by atoms with Crippen LogP contribution in [0.4, 0.5) is 13.6 Å². The molecule has 1 heterocycles. The smallest absolute Gasteiger partial charge is 0.413 e. The zero-order valence-electron chi connectivity index (χ0n) is 13.4. The highest BCUT2D eigenvalue weighted by Gasteiger charge is 2.24. The first-order chi connectivity index (χ1) is 10.8. The van der Waals surface area contributed by atoms with E-state index >= 15 is 0 Å². The van der Waals surface area contributed by atoms with Gasteiger partial charge in [0.2, 0.25) is 0 Å². The minimum atomic E-state index is -0.889. The van der Waals surface area contributed by atoms with Crippen LogP contribution in [0.3, 0.4) is 0 Å². The van der Waals surface area contributed by atoms with Crippen LogP contribution in [0.15, 0.2) is 23.4 Å². The van der Waals surface area contributed by atoms with E-state index in [0.29, 0.717) is 18.7 Å². The first-order valence-corrected chi connectivity index (χ1v) is 7.39. The van der Waals surface area contributed by atoms with Crippen LogP contribution in [0, 0.1) is 11.6 Å². The van der Waals surface area contributed by atoms with Gasteiger partial charge in [-0.15, -0.1) is 0 Å². The molecule has 126 valence electrons. The van der Waals surface area contributed by atoms with Gasteiger partial charge in [0.25, 0.3) is 0 Å². The SMILES string of the molecule is CC(C)(C)OC(=O)NC1=NOCC(c2cccc(F)c2F)CC1. The molecule has 0 saturated heterocycles. The van der Waals surface area contributed by atoms with E-state index in [9.17, 15) is 13.6 Å². The van der Waals surface area contributed by atoms with Crippen LogP contribution in [-0.4, -0.2) is 24.1 Å². The Labute approximate surface area is 133 Å². The molecule has 7 heteroatoms. The van der Waals surface area contributed by atoms with Crippen molar-refractivity contribution < 1.29 is 23.1 Å². The van der Waals surface area contributed by atoms with Crippen molar-refractivity contribution >= 4 is 11.9 Å². The molecule has 1 N–H and O–H groups in total. The molecule has 1 aromatic rings. The summed E-state index contributed by atoms with van der Waals surface area (Å²) in [4.78, 5) is 16.8. The van der Waals surface area contributed by atoms with Crippen molar-refractivity contribution in [3.05, 3.63) is 35.4 Å². The molecule has 0 aromatic heterocycles. The topological polar surface area (TPSA) is 59.9 Å². The van der Waals surface area contributed by atoms with E-state index in [-0.39, 0.29) is 18.1 Å². The van der Waals surface area contributed by atoms with E-state index in [1.807, 2.05) is 0 Å². The van der Waals surface area contributed by atoms with Crippen LogP contribution in [0.1, 0.15) is 45.1 Å². The van der Waals surface area contributed by atoms with Gasteiger partial charge in [-0.05, 0) is 38.8 Å². The molecule has 5 nitrogen and oxygen atoms in total. The van der Waals surface area contributed by atoms with Gasteiger partial charge >= 0.3 is 6.09 Å². The molecule has 1 aliphatic rings. The van der Waals surface area contributed by atoms with Crippen LogP contribution in [0.25, 0.3) is 0 Å². The minimum absolute atomic E-state index is 0.111. The third kappa shape index (κ3) is 4.91. The minimum Gasteiger partial charge on any atom is -0.444 e. The molecule has 1 aromatic carbocycles. The van der Waals surface area contributed by atoms with E-state index < -0.39 is 23.3 Å². The summed E-state index contributed by atoms with van der Waals surface area (Å²) >= 11 is 0. The van der Waals surface area contributed by atoms with Gasteiger partial charge in [-0.2, -0.15) is 0 Å². The van der Waals surface area contributed by atoms with E-state index in [1.165, 1.54) is 12.1 Å². The molecule has 0 bridgehead atoms. The molecule has 2 rings (SSSR count). The summed E-state index contributed by atoms with van der Waals surface area (Å²) in [5.41, 5.74) is -0.373. The number of amides is 1. The molecule has 0 radical (unpaired) electrons. The Balaban J connectivity index is 1.97. The maximum atomic E-state index is 13.9. The number of carbonyl (C=O) groups is 1. The fourth-order valence-corrected chi connectivity index (χ4v) is 2.23. The molecule has 23 heavy (non-hydrogen) atoms. The summed E-state index contributed by atoms with van der Waals surface area (Å²) in [7, 11) is 0. The van der Waals surface area contributed by atoms with Crippen LogP contribution < -0.4 is 5.32 Å². The summed E-state index contributed by atoms with van der Waals surface area (Å²) in [6.07, 6.45) is 0.199. The lowest BCUT2D eigenvalue weighted by Gasteiger charge is -2.19. The monoisotopic (exact) mass is 326 g/mol. The Morgan fingerprint density at radius 1 is 1.39 bits per heavy atom. The molecule has 1 amide bonds. The van der Waals surface area contributed by atoms with Gasteiger partial charge in [0.15, 0.2) is 17.5 Å². The normalized spacial score (nSPS) is 18.5. The van der Waals surface area contributed by atoms with Crippen molar-refractivity contribution in [1.29, 1.82) is 0 Å². The number of halogens is 2. The van der Waals surface area contributed by atoms with E-state index in [4.69, 9.17) is 9.57 Å². The van der Waals surface area contributed by atoms with Crippen molar-refractivity contribution in [3.8, 4) is 0 Å². The molecule has 1 aliphatic heterocycles. The Bertz CT molecular complexity index is 612. The van der Waals surface area contributed by atoms with Crippen LogP contribution in [-0.2, 0) is 9.57 Å². The number of amidine groups is 1. The Morgan fingerprint density at radius 3 is 2.83 bits per heavy atom. The van der Waals surface area contributed by atoms with Gasteiger partial charge < -0.3 is 9.57 Å². The number of alkyl carbamates (subject to hydrolysis) is 1. The summed E-state index contributed by atoms with van der Waals surface area (Å²) in [6, 6.07) is 4.06. The van der Waals surface area contributed by atoms with Crippen molar-refractivity contribution in [2.45, 2.75) is 45.1 Å². The zero-order chi connectivity index (χ0) is 17.0. The summed E-state index contributed by atoms with van der Waals surface area (Å²) in [5.74, 6) is -1.80. The second kappa shape index (κ2) is 6.93. The van der Waals surface area contributed by atoms with Crippen molar-refractivity contribution in [1.82, 2.24) is 5.32 Å². The fourth-order valence-electron chi connectivity index (χ4n) is 2.23.